The van der Waals surface area contributed by atoms with Gasteiger partial charge in [-0.05, 0) is 46.9 Å². The summed E-state index contributed by atoms with van der Waals surface area (Å²) in [6.45, 7) is 0. The summed E-state index contributed by atoms with van der Waals surface area (Å²) in [5.41, 5.74) is 9.28. The van der Waals surface area contributed by atoms with E-state index in [9.17, 15) is 0 Å². The second-order valence-corrected chi connectivity index (χ2v) is 5.99. The molecule has 5 heteroatoms. The number of halogens is 2. The van der Waals surface area contributed by atoms with E-state index in [4.69, 9.17) is 17.3 Å². The molecule has 0 saturated carbocycles. The lowest BCUT2D eigenvalue weighted by Crippen LogP contribution is -1.95. The Morgan fingerprint density at radius 3 is 2.45 bits per heavy atom. The maximum Gasteiger partial charge on any atom is 0.116 e. The van der Waals surface area contributed by atoms with Gasteiger partial charge in [-0.2, -0.15) is 5.10 Å². The monoisotopic (exact) mass is 395 g/mol. The van der Waals surface area contributed by atoms with Crippen molar-refractivity contribution in [3.8, 4) is 16.9 Å². The first kappa shape index (κ1) is 13.5. The smallest absolute Gasteiger partial charge is 0.116 e. The van der Waals surface area contributed by atoms with Gasteiger partial charge in [0.05, 0.1) is 22.6 Å². The summed E-state index contributed by atoms with van der Waals surface area (Å²) in [6.07, 6.45) is 1.79. The van der Waals surface area contributed by atoms with Crippen LogP contribution in [-0.2, 0) is 0 Å². The van der Waals surface area contributed by atoms with Crippen molar-refractivity contribution in [1.29, 1.82) is 0 Å². The van der Waals surface area contributed by atoms with Gasteiger partial charge in [-0.1, -0.05) is 35.9 Å². The molecule has 1 aromatic heterocycles. The fourth-order valence-corrected chi connectivity index (χ4v) is 2.56. The number of hydrogen-bond acceptors (Lipinski definition) is 2. The molecule has 20 heavy (non-hydrogen) atoms. The highest BCUT2D eigenvalue weighted by atomic mass is 127. The first-order chi connectivity index (χ1) is 9.65. The maximum absolute atomic E-state index is 6.18. The van der Waals surface area contributed by atoms with Crippen LogP contribution in [0.15, 0.2) is 54.7 Å². The van der Waals surface area contributed by atoms with Crippen LogP contribution in [0.4, 0.5) is 5.69 Å². The predicted molar refractivity (Wildman–Crippen MR) is 91.1 cm³/mol. The molecule has 3 rings (SSSR count). The van der Waals surface area contributed by atoms with E-state index < -0.39 is 0 Å². The number of benzene rings is 2. The Labute approximate surface area is 135 Å². The largest absolute Gasteiger partial charge is 0.396 e. The zero-order valence-corrected chi connectivity index (χ0v) is 13.3. The molecule has 0 unspecified atom stereocenters. The molecule has 3 aromatic rings. The van der Waals surface area contributed by atoms with Gasteiger partial charge in [0.25, 0.3) is 0 Å². The van der Waals surface area contributed by atoms with Crippen LogP contribution in [0.5, 0.6) is 0 Å². The number of para-hydroxylation sites is 1. The molecule has 0 aliphatic carbocycles. The minimum absolute atomic E-state index is 0.631. The number of anilines is 1. The van der Waals surface area contributed by atoms with Gasteiger partial charge in [-0.3, -0.25) is 0 Å². The molecular formula is C15H11ClIN3. The summed E-state index contributed by atoms with van der Waals surface area (Å²) >= 11 is 8.45. The number of nitrogens with two attached hydrogens (primary N) is 1. The average Bonchev–Trinajstić information content (AvgIpc) is 2.82. The topological polar surface area (TPSA) is 43.8 Å². The van der Waals surface area contributed by atoms with E-state index in [0.29, 0.717) is 10.7 Å². The van der Waals surface area contributed by atoms with Crippen molar-refractivity contribution >= 4 is 39.9 Å². The molecule has 0 amide bonds. The van der Waals surface area contributed by atoms with Crippen molar-refractivity contribution in [3.05, 3.63) is 63.3 Å². The molecule has 2 N–H and O–H groups in total. The van der Waals surface area contributed by atoms with E-state index >= 15 is 0 Å². The number of hydrogen-bond donors (Lipinski definition) is 1. The fourth-order valence-electron chi connectivity index (χ4n) is 1.98. The van der Waals surface area contributed by atoms with Gasteiger partial charge in [-0.15, -0.1) is 0 Å². The van der Waals surface area contributed by atoms with Gasteiger partial charge in [0, 0.05) is 9.13 Å². The van der Waals surface area contributed by atoms with E-state index in [2.05, 4.69) is 27.7 Å². The first-order valence-electron chi connectivity index (χ1n) is 6.01. The second kappa shape index (κ2) is 5.46. The van der Waals surface area contributed by atoms with Crippen LogP contribution in [0.1, 0.15) is 0 Å². The Bertz CT molecular complexity index is 750. The molecule has 2 aromatic carbocycles. The van der Waals surface area contributed by atoms with Crippen LogP contribution >= 0.6 is 34.2 Å². The summed E-state index contributed by atoms with van der Waals surface area (Å²) in [7, 11) is 0. The minimum Gasteiger partial charge on any atom is -0.396 e. The van der Waals surface area contributed by atoms with Crippen molar-refractivity contribution in [2.24, 2.45) is 0 Å². The van der Waals surface area contributed by atoms with E-state index in [1.54, 1.807) is 10.9 Å². The lowest BCUT2D eigenvalue weighted by Gasteiger charge is -2.03. The standard InChI is InChI=1S/C15H11ClIN3/c16-12-3-1-2-4-14(12)20-9-13(18)15(19-20)10-5-7-11(17)8-6-10/h1-9H,18H2. The third-order valence-corrected chi connectivity index (χ3v) is 4.00. The van der Waals surface area contributed by atoms with E-state index in [0.717, 1.165) is 16.9 Å². The molecule has 0 saturated heterocycles. The van der Waals surface area contributed by atoms with Crippen LogP contribution in [0.25, 0.3) is 16.9 Å². The van der Waals surface area contributed by atoms with Crippen molar-refractivity contribution in [2.45, 2.75) is 0 Å². The summed E-state index contributed by atoms with van der Waals surface area (Å²) < 4.78 is 2.89. The first-order valence-corrected chi connectivity index (χ1v) is 7.47. The Morgan fingerprint density at radius 1 is 1.05 bits per heavy atom. The lowest BCUT2D eigenvalue weighted by molar-refractivity contribution is 0.885. The fraction of sp³-hybridized carbons (Fsp3) is 0. The SMILES string of the molecule is Nc1cn(-c2ccccc2Cl)nc1-c1ccc(I)cc1. The number of nitrogen functional groups attached to an aromatic ring is 1. The van der Waals surface area contributed by atoms with Crippen molar-refractivity contribution < 1.29 is 0 Å². The molecule has 3 nitrogen and oxygen atoms in total. The Hall–Kier alpha value is -1.53. The van der Waals surface area contributed by atoms with Crippen LogP contribution in [-0.4, -0.2) is 9.78 Å². The van der Waals surface area contributed by atoms with E-state index in [1.165, 1.54) is 3.57 Å². The molecule has 0 aliphatic rings. The molecule has 0 spiro atoms. The Kier molecular flexibility index (Phi) is 3.67. The number of rotatable bonds is 2. The average molecular weight is 396 g/mol. The second-order valence-electron chi connectivity index (χ2n) is 4.34. The van der Waals surface area contributed by atoms with Crippen LogP contribution in [0.2, 0.25) is 5.02 Å². The summed E-state index contributed by atoms with van der Waals surface area (Å²) in [4.78, 5) is 0. The zero-order chi connectivity index (χ0) is 14.1. The normalized spacial score (nSPS) is 10.7. The van der Waals surface area contributed by atoms with E-state index in [1.807, 2.05) is 48.5 Å². The lowest BCUT2D eigenvalue weighted by atomic mass is 10.1. The zero-order valence-electron chi connectivity index (χ0n) is 10.4. The van der Waals surface area contributed by atoms with Crippen LogP contribution in [0.3, 0.4) is 0 Å². The summed E-state index contributed by atoms with van der Waals surface area (Å²) in [6, 6.07) is 15.6. The van der Waals surface area contributed by atoms with Gasteiger partial charge in [-0.25, -0.2) is 4.68 Å². The Morgan fingerprint density at radius 2 is 1.75 bits per heavy atom. The third-order valence-electron chi connectivity index (χ3n) is 2.96. The molecule has 0 atom stereocenters. The molecule has 0 fully saturated rings. The van der Waals surface area contributed by atoms with Gasteiger partial charge in [0.1, 0.15) is 5.69 Å². The minimum atomic E-state index is 0.631. The van der Waals surface area contributed by atoms with Crippen molar-refractivity contribution in [1.82, 2.24) is 9.78 Å². The quantitative estimate of drug-likeness (QED) is 0.655. The maximum atomic E-state index is 6.18. The molecular weight excluding hydrogens is 385 g/mol. The highest BCUT2D eigenvalue weighted by Crippen LogP contribution is 2.28. The third kappa shape index (κ3) is 2.53. The highest BCUT2D eigenvalue weighted by molar-refractivity contribution is 14.1. The number of nitrogens with zero attached hydrogens (tertiary/aromatic N) is 2. The van der Waals surface area contributed by atoms with Crippen LogP contribution < -0.4 is 5.73 Å². The molecule has 0 bridgehead atoms. The molecule has 0 aliphatic heterocycles. The van der Waals surface area contributed by atoms with Crippen molar-refractivity contribution in [2.75, 3.05) is 5.73 Å². The van der Waals surface area contributed by atoms with Crippen LogP contribution in [0, 0.1) is 3.57 Å². The number of aromatic nitrogens is 2. The van der Waals surface area contributed by atoms with Gasteiger partial charge < -0.3 is 5.73 Å². The van der Waals surface area contributed by atoms with Crippen molar-refractivity contribution in [3.63, 3.8) is 0 Å². The van der Waals surface area contributed by atoms with Gasteiger partial charge in [0.15, 0.2) is 0 Å². The molecule has 0 radical (unpaired) electrons. The molecule has 100 valence electrons. The van der Waals surface area contributed by atoms with Gasteiger partial charge >= 0.3 is 0 Å². The predicted octanol–water partition coefficient (Wildman–Crippen LogP) is 4.38. The highest BCUT2D eigenvalue weighted by Gasteiger charge is 2.11. The Balaban J connectivity index is 2.08. The summed E-state index contributed by atoms with van der Waals surface area (Å²) in [5, 5.41) is 5.19. The molecule has 1 heterocycles. The van der Waals surface area contributed by atoms with E-state index in [-0.39, 0.29) is 0 Å². The van der Waals surface area contributed by atoms with Gasteiger partial charge in [0.2, 0.25) is 0 Å². The summed E-state index contributed by atoms with van der Waals surface area (Å²) in [5.74, 6) is 0.